The second-order valence-corrected chi connectivity index (χ2v) is 6.30. The number of amides is 3. The second-order valence-electron chi connectivity index (χ2n) is 6.30. The largest absolute Gasteiger partial charge is 0.353 e. The number of imidazole rings is 1. The number of nitrogens with zero attached hydrogens (tertiary/aromatic N) is 5. The van der Waals surface area contributed by atoms with E-state index in [1.807, 2.05) is 12.1 Å². The highest BCUT2D eigenvalue weighted by molar-refractivity contribution is 6.06. The number of hydrogen-bond donors (Lipinski definition) is 1. The molecule has 0 aromatic carbocycles. The fourth-order valence-corrected chi connectivity index (χ4v) is 3.24. The molecule has 0 radical (unpaired) electrons. The smallest absolute Gasteiger partial charge is 0.275 e. The Morgan fingerprint density at radius 2 is 2.12 bits per heavy atom. The van der Waals surface area contributed by atoms with Gasteiger partial charge >= 0.3 is 0 Å². The van der Waals surface area contributed by atoms with Gasteiger partial charge in [0.15, 0.2) is 5.69 Å². The van der Waals surface area contributed by atoms with Crippen molar-refractivity contribution in [3.63, 3.8) is 0 Å². The van der Waals surface area contributed by atoms with E-state index < -0.39 is 0 Å². The molecule has 4 heterocycles. The average molecular weight is 354 g/mol. The van der Waals surface area contributed by atoms with Crippen molar-refractivity contribution >= 4 is 17.7 Å². The predicted octanol–water partition coefficient (Wildman–Crippen LogP) is -0.494. The Kier molecular flexibility index (Phi) is 4.11. The van der Waals surface area contributed by atoms with Gasteiger partial charge in [-0.15, -0.1) is 0 Å². The van der Waals surface area contributed by atoms with E-state index in [0.29, 0.717) is 32.7 Å². The number of carbonyl (C=O) groups is 3. The number of pyridine rings is 1. The lowest BCUT2D eigenvalue weighted by Gasteiger charge is -2.29. The van der Waals surface area contributed by atoms with Gasteiger partial charge < -0.3 is 19.7 Å². The molecule has 0 spiro atoms. The van der Waals surface area contributed by atoms with Crippen LogP contribution in [-0.2, 0) is 17.9 Å². The first-order chi connectivity index (χ1) is 12.6. The highest BCUT2D eigenvalue weighted by atomic mass is 16.2. The van der Waals surface area contributed by atoms with Crippen LogP contribution in [0.4, 0.5) is 0 Å². The molecule has 2 aliphatic rings. The van der Waals surface area contributed by atoms with Crippen LogP contribution in [0.5, 0.6) is 0 Å². The molecule has 9 heteroatoms. The van der Waals surface area contributed by atoms with Crippen LogP contribution < -0.4 is 5.32 Å². The minimum Gasteiger partial charge on any atom is -0.353 e. The molecule has 134 valence electrons. The van der Waals surface area contributed by atoms with Crippen LogP contribution in [0.3, 0.4) is 0 Å². The first-order valence-electron chi connectivity index (χ1n) is 8.43. The molecule has 26 heavy (non-hydrogen) atoms. The Hall–Kier alpha value is -3.23. The summed E-state index contributed by atoms with van der Waals surface area (Å²) in [6.07, 6.45) is 4.92. The third-order valence-corrected chi connectivity index (χ3v) is 4.56. The molecule has 2 aliphatic heterocycles. The molecule has 0 saturated carbocycles. The molecule has 0 aliphatic carbocycles. The first kappa shape index (κ1) is 16.2. The van der Waals surface area contributed by atoms with Crippen molar-refractivity contribution in [3.8, 4) is 0 Å². The van der Waals surface area contributed by atoms with E-state index in [4.69, 9.17) is 0 Å². The van der Waals surface area contributed by atoms with E-state index in [1.165, 1.54) is 11.2 Å². The number of fused-ring (bicyclic) bond motifs is 1. The van der Waals surface area contributed by atoms with Crippen molar-refractivity contribution in [3.05, 3.63) is 47.8 Å². The monoisotopic (exact) mass is 354 g/mol. The molecule has 9 nitrogen and oxygen atoms in total. The minimum atomic E-state index is -0.384. The summed E-state index contributed by atoms with van der Waals surface area (Å²) in [5.74, 6) is -0.824. The van der Waals surface area contributed by atoms with Crippen molar-refractivity contribution in [1.82, 2.24) is 29.7 Å². The lowest BCUT2D eigenvalue weighted by atomic mass is 10.1. The number of carbonyl (C=O) groups excluding carboxylic acids is 3. The fraction of sp³-hybridized carbons (Fsp3) is 0.353. The molecular formula is C17H18N6O3. The molecule has 1 fully saturated rings. The van der Waals surface area contributed by atoms with Crippen LogP contribution >= 0.6 is 0 Å². The Balaban J connectivity index is 1.58. The van der Waals surface area contributed by atoms with Crippen LogP contribution in [0.2, 0.25) is 0 Å². The van der Waals surface area contributed by atoms with E-state index in [0.717, 1.165) is 5.56 Å². The summed E-state index contributed by atoms with van der Waals surface area (Å²) in [6.45, 7) is 2.33. The van der Waals surface area contributed by atoms with E-state index in [1.54, 1.807) is 21.9 Å². The van der Waals surface area contributed by atoms with Crippen LogP contribution in [0.25, 0.3) is 0 Å². The van der Waals surface area contributed by atoms with Crippen molar-refractivity contribution in [2.75, 3.05) is 26.2 Å². The van der Waals surface area contributed by atoms with Crippen LogP contribution in [0.15, 0.2) is 30.9 Å². The zero-order chi connectivity index (χ0) is 18.1. The lowest BCUT2D eigenvalue weighted by molar-refractivity contribution is -0.123. The van der Waals surface area contributed by atoms with Gasteiger partial charge in [-0.1, -0.05) is 6.07 Å². The summed E-state index contributed by atoms with van der Waals surface area (Å²) in [6, 6.07) is 3.73. The number of aromatic nitrogens is 3. The van der Waals surface area contributed by atoms with E-state index in [2.05, 4.69) is 15.3 Å². The normalized spacial score (nSPS) is 17.1. The van der Waals surface area contributed by atoms with Gasteiger partial charge in [0.05, 0.1) is 12.9 Å². The molecule has 0 atom stereocenters. The van der Waals surface area contributed by atoms with Crippen molar-refractivity contribution < 1.29 is 14.4 Å². The summed E-state index contributed by atoms with van der Waals surface area (Å²) >= 11 is 0. The van der Waals surface area contributed by atoms with Crippen molar-refractivity contribution in [2.45, 2.75) is 13.1 Å². The Bertz CT molecular complexity index is 863. The molecule has 0 bridgehead atoms. The summed E-state index contributed by atoms with van der Waals surface area (Å²) in [7, 11) is 0. The highest BCUT2D eigenvalue weighted by Gasteiger charge is 2.34. The summed E-state index contributed by atoms with van der Waals surface area (Å²) in [5, 5.41) is 2.68. The Morgan fingerprint density at radius 3 is 2.88 bits per heavy atom. The van der Waals surface area contributed by atoms with E-state index >= 15 is 0 Å². The summed E-state index contributed by atoms with van der Waals surface area (Å²) < 4.78 is 1.71. The third kappa shape index (κ3) is 2.92. The quantitative estimate of drug-likeness (QED) is 0.801. The van der Waals surface area contributed by atoms with Gasteiger partial charge in [-0.25, -0.2) is 4.98 Å². The van der Waals surface area contributed by atoms with Crippen LogP contribution in [0, 0.1) is 0 Å². The minimum absolute atomic E-state index is 0.0152. The van der Waals surface area contributed by atoms with Gasteiger partial charge in [0.2, 0.25) is 5.91 Å². The van der Waals surface area contributed by atoms with Crippen LogP contribution in [0.1, 0.15) is 26.5 Å². The predicted molar refractivity (Wildman–Crippen MR) is 90.1 cm³/mol. The third-order valence-electron chi connectivity index (χ3n) is 4.56. The number of piperazine rings is 1. The molecule has 0 unspecified atom stereocenters. The molecule has 2 aromatic heterocycles. The molecule has 1 N–H and O–H groups in total. The number of nitrogens with one attached hydrogen (secondary N) is 1. The maximum Gasteiger partial charge on any atom is 0.275 e. The van der Waals surface area contributed by atoms with Gasteiger partial charge in [0.1, 0.15) is 5.69 Å². The number of rotatable bonds is 3. The van der Waals surface area contributed by atoms with Gasteiger partial charge in [-0.3, -0.25) is 19.4 Å². The SMILES string of the molecule is O=C1CN(C(=O)c2ncn3c2C(=O)N(Cc2cccnc2)CC3)CCN1. The van der Waals surface area contributed by atoms with Crippen molar-refractivity contribution in [2.24, 2.45) is 0 Å². The molecular weight excluding hydrogens is 336 g/mol. The lowest BCUT2D eigenvalue weighted by Crippen LogP contribution is -2.50. The zero-order valence-electron chi connectivity index (χ0n) is 14.1. The molecule has 1 saturated heterocycles. The van der Waals surface area contributed by atoms with E-state index in [-0.39, 0.29) is 35.7 Å². The van der Waals surface area contributed by atoms with E-state index in [9.17, 15) is 14.4 Å². The first-order valence-corrected chi connectivity index (χ1v) is 8.43. The molecule has 2 aromatic rings. The fourth-order valence-electron chi connectivity index (χ4n) is 3.24. The second kappa shape index (κ2) is 6.58. The number of hydrogen-bond acceptors (Lipinski definition) is 5. The topological polar surface area (TPSA) is 100 Å². The maximum absolute atomic E-state index is 12.9. The summed E-state index contributed by atoms with van der Waals surface area (Å²) in [5.41, 5.74) is 1.33. The Labute approximate surface area is 149 Å². The Morgan fingerprint density at radius 1 is 1.23 bits per heavy atom. The van der Waals surface area contributed by atoms with Gasteiger partial charge in [-0.2, -0.15) is 0 Å². The van der Waals surface area contributed by atoms with Gasteiger partial charge in [0, 0.05) is 45.1 Å². The van der Waals surface area contributed by atoms with Crippen LogP contribution in [-0.4, -0.2) is 68.2 Å². The molecule has 4 rings (SSSR count). The van der Waals surface area contributed by atoms with Crippen molar-refractivity contribution in [1.29, 1.82) is 0 Å². The highest BCUT2D eigenvalue weighted by Crippen LogP contribution is 2.20. The van der Waals surface area contributed by atoms with Gasteiger partial charge in [0.25, 0.3) is 11.8 Å². The zero-order valence-corrected chi connectivity index (χ0v) is 14.1. The summed E-state index contributed by atoms with van der Waals surface area (Å²) in [4.78, 5) is 48.6. The average Bonchev–Trinajstić information content (AvgIpc) is 3.09. The standard InChI is InChI=1S/C17H18N6O3/c24-13-10-21(5-4-19-13)16(25)14-15-17(26)22(6-7-23(15)11-20-14)9-12-2-1-3-18-8-12/h1-3,8,11H,4-7,9-10H2,(H,19,24). The molecule has 3 amide bonds. The van der Waals surface area contributed by atoms with Gasteiger partial charge in [-0.05, 0) is 11.6 Å². The maximum atomic E-state index is 12.9.